The molecule has 0 spiro atoms. The van der Waals surface area contributed by atoms with Crippen molar-refractivity contribution in [3.05, 3.63) is 0 Å². The fourth-order valence-electron chi connectivity index (χ4n) is 4.78. The van der Waals surface area contributed by atoms with Crippen molar-refractivity contribution in [1.29, 1.82) is 0 Å². The first-order chi connectivity index (χ1) is 10.8. The molecule has 0 aromatic carbocycles. The van der Waals surface area contributed by atoms with Crippen LogP contribution in [0, 0.1) is 23.7 Å². The van der Waals surface area contributed by atoms with Gasteiger partial charge >= 0.3 is 0 Å². The van der Waals surface area contributed by atoms with Crippen molar-refractivity contribution < 1.29 is 9.59 Å². The fourth-order valence-corrected chi connectivity index (χ4v) is 4.78. The summed E-state index contributed by atoms with van der Waals surface area (Å²) in [4.78, 5) is 27.3. The normalized spacial score (nSPS) is 29.1. The van der Waals surface area contributed by atoms with E-state index in [1.54, 1.807) is 12.2 Å². The van der Waals surface area contributed by atoms with Crippen molar-refractivity contribution in [3.63, 3.8) is 0 Å². The Morgan fingerprint density at radius 3 is 1.82 bits per heavy atom. The number of unbranched alkanes of at least 4 members (excludes halogenated alkanes) is 3. The molecular formula is C18H28N2O2. The third kappa shape index (κ3) is 5.19. The molecular weight excluding hydrogens is 276 g/mol. The zero-order valence-corrected chi connectivity index (χ0v) is 13.5. The van der Waals surface area contributed by atoms with E-state index in [0.717, 1.165) is 36.5 Å². The Hall–Kier alpha value is -1.24. The van der Waals surface area contributed by atoms with Gasteiger partial charge in [0.15, 0.2) is 0 Å². The molecule has 22 heavy (non-hydrogen) atoms. The second-order valence-corrected chi connectivity index (χ2v) is 7.05. The number of fused-ring (bicyclic) bond motifs is 2. The molecule has 2 fully saturated rings. The van der Waals surface area contributed by atoms with E-state index in [1.165, 1.54) is 51.4 Å². The summed E-state index contributed by atoms with van der Waals surface area (Å²) in [5.41, 5.74) is 0. The Morgan fingerprint density at radius 1 is 0.727 bits per heavy atom. The van der Waals surface area contributed by atoms with Gasteiger partial charge in [-0.2, -0.15) is 0 Å². The Balaban J connectivity index is 1.61. The maximum Gasteiger partial charge on any atom is 0.234 e. The predicted octanol–water partition coefficient (Wildman–Crippen LogP) is 4.05. The van der Waals surface area contributed by atoms with Gasteiger partial charge in [0.25, 0.3) is 0 Å². The number of rotatable bonds is 11. The Kier molecular flexibility index (Phi) is 7.56. The van der Waals surface area contributed by atoms with Gasteiger partial charge in [-0.15, -0.1) is 0 Å². The molecule has 2 rings (SSSR count). The number of hydrogen-bond acceptors (Lipinski definition) is 4. The summed E-state index contributed by atoms with van der Waals surface area (Å²) in [5.74, 6) is 3.79. The van der Waals surface area contributed by atoms with E-state index in [-0.39, 0.29) is 0 Å². The highest BCUT2D eigenvalue weighted by atomic mass is 16.1. The van der Waals surface area contributed by atoms with Gasteiger partial charge in [-0.25, -0.2) is 19.6 Å². The molecule has 4 nitrogen and oxygen atoms in total. The van der Waals surface area contributed by atoms with Crippen molar-refractivity contribution in [1.82, 2.24) is 0 Å². The highest BCUT2D eigenvalue weighted by molar-refractivity contribution is 5.32. The maximum atomic E-state index is 10.0. The summed E-state index contributed by atoms with van der Waals surface area (Å²) in [5, 5.41) is 0. The zero-order chi connectivity index (χ0) is 15.6. The molecule has 4 unspecified atom stereocenters. The molecule has 2 aliphatic rings. The number of isocyanates is 2. The minimum Gasteiger partial charge on any atom is -0.211 e. The van der Waals surface area contributed by atoms with Crippen LogP contribution in [0.2, 0.25) is 0 Å². The lowest BCUT2D eigenvalue weighted by atomic mass is 9.76. The Labute approximate surface area is 133 Å². The monoisotopic (exact) mass is 304 g/mol. The van der Waals surface area contributed by atoms with Crippen LogP contribution in [0.5, 0.6) is 0 Å². The number of nitrogens with zero attached hydrogens (tertiary/aromatic N) is 2. The topological polar surface area (TPSA) is 58.9 Å². The average molecular weight is 304 g/mol. The van der Waals surface area contributed by atoms with Gasteiger partial charge in [0.1, 0.15) is 0 Å². The molecule has 0 N–H and O–H groups in total. The van der Waals surface area contributed by atoms with Gasteiger partial charge in [0.2, 0.25) is 12.2 Å². The minimum atomic E-state index is 0.645. The van der Waals surface area contributed by atoms with Crippen LogP contribution in [-0.2, 0) is 9.59 Å². The lowest BCUT2D eigenvalue weighted by Gasteiger charge is -2.29. The van der Waals surface area contributed by atoms with E-state index in [9.17, 15) is 9.59 Å². The first-order valence-electron chi connectivity index (χ1n) is 8.92. The number of hydrogen-bond donors (Lipinski definition) is 0. The van der Waals surface area contributed by atoms with E-state index in [4.69, 9.17) is 0 Å². The van der Waals surface area contributed by atoms with Crippen molar-refractivity contribution in [2.24, 2.45) is 33.7 Å². The zero-order valence-electron chi connectivity index (χ0n) is 13.5. The molecule has 0 heterocycles. The van der Waals surface area contributed by atoms with Crippen LogP contribution in [0.15, 0.2) is 9.98 Å². The third-order valence-electron chi connectivity index (χ3n) is 5.66. The molecule has 2 saturated carbocycles. The maximum absolute atomic E-state index is 10.0. The summed E-state index contributed by atoms with van der Waals surface area (Å²) >= 11 is 0. The van der Waals surface area contributed by atoms with E-state index in [0.29, 0.717) is 13.1 Å². The van der Waals surface area contributed by atoms with Crippen LogP contribution in [0.1, 0.15) is 64.2 Å². The second-order valence-electron chi connectivity index (χ2n) is 7.05. The van der Waals surface area contributed by atoms with Crippen molar-refractivity contribution in [3.8, 4) is 0 Å². The summed E-state index contributed by atoms with van der Waals surface area (Å²) in [6.07, 6.45) is 16.0. The smallest absolute Gasteiger partial charge is 0.211 e. The lowest BCUT2D eigenvalue weighted by molar-refractivity contribution is 0.209. The number of carbonyl (C=O) groups excluding carboxylic acids is 2. The van der Waals surface area contributed by atoms with Crippen LogP contribution < -0.4 is 0 Å². The minimum absolute atomic E-state index is 0.645. The van der Waals surface area contributed by atoms with Gasteiger partial charge in [-0.05, 0) is 55.8 Å². The molecule has 2 bridgehead atoms. The van der Waals surface area contributed by atoms with Gasteiger partial charge in [0.05, 0.1) is 13.1 Å². The van der Waals surface area contributed by atoms with Crippen LogP contribution in [0.25, 0.3) is 0 Å². The third-order valence-corrected chi connectivity index (χ3v) is 5.66. The molecule has 122 valence electrons. The molecule has 2 aliphatic carbocycles. The van der Waals surface area contributed by atoms with Crippen molar-refractivity contribution in [2.45, 2.75) is 64.2 Å². The fraction of sp³-hybridized carbons (Fsp3) is 0.889. The van der Waals surface area contributed by atoms with Gasteiger partial charge < -0.3 is 0 Å². The van der Waals surface area contributed by atoms with Crippen LogP contribution >= 0.6 is 0 Å². The molecule has 0 radical (unpaired) electrons. The van der Waals surface area contributed by atoms with Crippen LogP contribution in [-0.4, -0.2) is 25.2 Å². The number of aliphatic imine (C=N–C) groups is 2. The first kappa shape index (κ1) is 17.1. The molecule has 4 atom stereocenters. The molecule has 4 heteroatoms. The van der Waals surface area contributed by atoms with Gasteiger partial charge in [-0.1, -0.05) is 32.1 Å². The SMILES string of the molecule is O=C=NCCCCCC1CC2CC(CCCCN=C=O)C1C2. The van der Waals surface area contributed by atoms with E-state index in [1.807, 2.05) is 0 Å². The Morgan fingerprint density at radius 2 is 1.27 bits per heavy atom. The van der Waals surface area contributed by atoms with Crippen LogP contribution in [0.3, 0.4) is 0 Å². The van der Waals surface area contributed by atoms with Gasteiger partial charge in [0, 0.05) is 0 Å². The summed E-state index contributed by atoms with van der Waals surface area (Å²) in [6, 6.07) is 0. The van der Waals surface area contributed by atoms with E-state index >= 15 is 0 Å². The highest BCUT2D eigenvalue weighted by Crippen LogP contribution is 2.54. The molecule has 0 saturated heterocycles. The highest BCUT2D eigenvalue weighted by Gasteiger charge is 2.44. The van der Waals surface area contributed by atoms with Crippen molar-refractivity contribution in [2.75, 3.05) is 13.1 Å². The lowest BCUT2D eigenvalue weighted by Crippen LogP contribution is -2.20. The molecule has 0 aromatic heterocycles. The molecule has 0 amide bonds. The second kappa shape index (κ2) is 9.71. The largest absolute Gasteiger partial charge is 0.234 e. The van der Waals surface area contributed by atoms with Crippen LogP contribution in [0.4, 0.5) is 0 Å². The predicted molar refractivity (Wildman–Crippen MR) is 86.1 cm³/mol. The van der Waals surface area contributed by atoms with Crippen molar-refractivity contribution >= 4 is 12.2 Å². The summed E-state index contributed by atoms with van der Waals surface area (Å²) in [7, 11) is 0. The average Bonchev–Trinajstić information content (AvgIpc) is 3.10. The van der Waals surface area contributed by atoms with Gasteiger partial charge in [-0.3, -0.25) is 0 Å². The quantitative estimate of drug-likeness (QED) is 0.328. The Bertz CT molecular complexity index is 423. The van der Waals surface area contributed by atoms with E-state index < -0.39 is 0 Å². The standard InChI is InChI=1S/C18H28N2O2/c21-13-19-8-4-1-2-6-16-10-15-11-17(18(16)12-15)7-3-5-9-20-14-22/h15-18H,1-12H2. The summed E-state index contributed by atoms with van der Waals surface area (Å²) < 4.78 is 0. The summed E-state index contributed by atoms with van der Waals surface area (Å²) in [6.45, 7) is 1.29. The van der Waals surface area contributed by atoms with E-state index in [2.05, 4.69) is 9.98 Å². The molecule has 0 aromatic rings. The molecule has 0 aliphatic heterocycles. The first-order valence-corrected chi connectivity index (χ1v) is 8.92.